The molecule has 0 aliphatic heterocycles. The zero-order valence-corrected chi connectivity index (χ0v) is 11.3. The van der Waals surface area contributed by atoms with Gasteiger partial charge in [0, 0.05) is 12.6 Å². The summed E-state index contributed by atoms with van der Waals surface area (Å²) in [4.78, 5) is 11.7. The van der Waals surface area contributed by atoms with Gasteiger partial charge in [0.15, 0.2) is 0 Å². The molecule has 1 aliphatic carbocycles. The predicted octanol–water partition coefficient (Wildman–Crippen LogP) is 2.72. The Morgan fingerprint density at radius 1 is 1.24 bits per heavy atom. The molecule has 1 aliphatic rings. The molecular weight excluding hydrogens is 288 g/mol. The van der Waals surface area contributed by atoms with E-state index in [2.05, 4.69) is 10.6 Å². The molecule has 0 unspecified atom stereocenters. The first-order chi connectivity index (χ1) is 9.88. The van der Waals surface area contributed by atoms with Crippen molar-refractivity contribution in [3.05, 3.63) is 35.1 Å². The van der Waals surface area contributed by atoms with Gasteiger partial charge in [-0.2, -0.15) is 13.2 Å². The summed E-state index contributed by atoms with van der Waals surface area (Å²) in [5.74, 6) is -1.79. The number of hydrogen-bond acceptors (Lipinski definition) is 2. The van der Waals surface area contributed by atoms with Gasteiger partial charge in [-0.25, -0.2) is 4.39 Å². The second kappa shape index (κ2) is 6.43. The van der Waals surface area contributed by atoms with Crippen LogP contribution in [0.1, 0.15) is 35.2 Å². The van der Waals surface area contributed by atoms with Crippen LogP contribution in [0.2, 0.25) is 0 Å². The van der Waals surface area contributed by atoms with Crippen molar-refractivity contribution in [2.45, 2.75) is 31.5 Å². The Labute approximate surface area is 119 Å². The van der Waals surface area contributed by atoms with Crippen LogP contribution >= 0.6 is 0 Å². The van der Waals surface area contributed by atoms with Crippen molar-refractivity contribution in [1.29, 1.82) is 0 Å². The fourth-order valence-electron chi connectivity index (χ4n) is 1.85. The van der Waals surface area contributed by atoms with E-state index in [0.717, 1.165) is 19.4 Å². The van der Waals surface area contributed by atoms with Crippen LogP contribution in [0.3, 0.4) is 0 Å². The number of carbonyl (C=O) groups is 1. The summed E-state index contributed by atoms with van der Waals surface area (Å²) in [7, 11) is 0. The summed E-state index contributed by atoms with van der Waals surface area (Å²) in [5.41, 5.74) is -1.62. The summed E-state index contributed by atoms with van der Waals surface area (Å²) in [5, 5.41) is 5.66. The van der Waals surface area contributed by atoms with Crippen molar-refractivity contribution in [2.24, 2.45) is 0 Å². The Morgan fingerprint density at radius 2 is 1.95 bits per heavy atom. The van der Waals surface area contributed by atoms with Crippen molar-refractivity contribution < 1.29 is 22.4 Å². The van der Waals surface area contributed by atoms with E-state index >= 15 is 0 Å². The van der Waals surface area contributed by atoms with Crippen LogP contribution in [0.15, 0.2) is 18.2 Å². The van der Waals surface area contributed by atoms with E-state index in [9.17, 15) is 22.4 Å². The number of amides is 1. The number of halogens is 4. The lowest BCUT2D eigenvalue weighted by Crippen LogP contribution is -2.28. The van der Waals surface area contributed by atoms with Crippen LogP contribution in [-0.4, -0.2) is 25.0 Å². The molecule has 0 bridgehead atoms. The normalized spacial score (nSPS) is 15.0. The molecule has 3 nitrogen and oxygen atoms in total. The molecule has 1 aromatic carbocycles. The number of alkyl halides is 3. The maximum atomic E-state index is 13.5. The van der Waals surface area contributed by atoms with Crippen molar-refractivity contribution in [3.8, 4) is 0 Å². The average molecular weight is 304 g/mol. The SMILES string of the molecule is O=C(NCCCNC1CC1)c1cc(C(F)(F)F)ccc1F. The average Bonchev–Trinajstić information content (AvgIpc) is 3.21. The zero-order valence-electron chi connectivity index (χ0n) is 11.3. The topological polar surface area (TPSA) is 41.1 Å². The Bertz CT molecular complexity index is 512. The largest absolute Gasteiger partial charge is 0.416 e. The lowest BCUT2D eigenvalue weighted by Gasteiger charge is -2.10. The number of carbonyl (C=O) groups excluding carboxylic acids is 1. The number of hydrogen-bond donors (Lipinski definition) is 2. The Morgan fingerprint density at radius 3 is 2.57 bits per heavy atom. The van der Waals surface area contributed by atoms with Crippen LogP contribution in [0, 0.1) is 5.82 Å². The van der Waals surface area contributed by atoms with Gasteiger partial charge in [0.2, 0.25) is 0 Å². The van der Waals surface area contributed by atoms with E-state index in [1.165, 1.54) is 0 Å². The lowest BCUT2D eigenvalue weighted by atomic mass is 10.1. The quantitative estimate of drug-likeness (QED) is 0.627. The summed E-state index contributed by atoms with van der Waals surface area (Å²) in [6, 6.07) is 2.37. The van der Waals surface area contributed by atoms with Crippen molar-refractivity contribution in [2.75, 3.05) is 13.1 Å². The lowest BCUT2D eigenvalue weighted by molar-refractivity contribution is -0.137. The maximum Gasteiger partial charge on any atom is 0.416 e. The maximum absolute atomic E-state index is 13.5. The molecule has 0 radical (unpaired) electrons. The van der Waals surface area contributed by atoms with Crippen LogP contribution in [0.25, 0.3) is 0 Å². The first-order valence-electron chi connectivity index (χ1n) is 6.76. The van der Waals surface area contributed by atoms with Crippen molar-refractivity contribution in [3.63, 3.8) is 0 Å². The molecule has 1 amide bonds. The molecule has 2 rings (SSSR count). The van der Waals surface area contributed by atoms with Gasteiger partial charge < -0.3 is 10.6 Å². The molecule has 0 spiro atoms. The monoisotopic (exact) mass is 304 g/mol. The molecule has 0 atom stereocenters. The predicted molar refractivity (Wildman–Crippen MR) is 69.4 cm³/mol. The van der Waals surface area contributed by atoms with E-state index in [-0.39, 0.29) is 6.54 Å². The molecule has 21 heavy (non-hydrogen) atoms. The highest BCUT2D eigenvalue weighted by molar-refractivity contribution is 5.94. The molecule has 0 saturated heterocycles. The van der Waals surface area contributed by atoms with E-state index in [0.29, 0.717) is 30.7 Å². The minimum absolute atomic E-state index is 0.286. The smallest absolute Gasteiger partial charge is 0.352 e. The van der Waals surface area contributed by atoms with Gasteiger partial charge in [-0.3, -0.25) is 4.79 Å². The van der Waals surface area contributed by atoms with Gasteiger partial charge in [-0.1, -0.05) is 0 Å². The molecule has 0 heterocycles. The highest BCUT2D eigenvalue weighted by Crippen LogP contribution is 2.30. The van der Waals surface area contributed by atoms with Crippen molar-refractivity contribution >= 4 is 5.91 Å². The van der Waals surface area contributed by atoms with Crippen LogP contribution in [-0.2, 0) is 6.18 Å². The number of nitrogens with one attached hydrogen (secondary N) is 2. The third kappa shape index (κ3) is 4.70. The second-order valence-electron chi connectivity index (χ2n) is 5.03. The molecule has 7 heteroatoms. The van der Waals surface area contributed by atoms with E-state index in [1.807, 2.05) is 0 Å². The minimum atomic E-state index is -4.60. The fraction of sp³-hybridized carbons (Fsp3) is 0.500. The standard InChI is InChI=1S/C14H16F4N2O/c15-12-5-2-9(14(16,17)18)8-11(12)13(21)20-7-1-6-19-10-3-4-10/h2,5,8,10,19H,1,3-4,6-7H2,(H,20,21). The van der Waals surface area contributed by atoms with E-state index in [4.69, 9.17) is 0 Å². The fourth-order valence-corrected chi connectivity index (χ4v) is 1.85. The van der Waals surface area contributed by atoms with Gasteiger partial charge in [-0.15, -0.1) is 0 Å². The summed E-state index contributed by atoms with van der Waals surface area (Å²) in [6.07, 6.45) is -1.65. The van der Waals surface area contributed by atoms with Crippen LogP contribution in [0.5, 0.6) is 0 Å². The summed E-state index contributed by atoms with van der Waals surface area (Å²) >= 11 is 0. The highest BCUT2D eigenvalue weighted by Gasteiger charge is 2.31. The molecule has 116 valence electrons. The molecule has 1 saturated carbocycles. The third-order valence-corrected chi connectivity index (χ3v) is 3.19. The molecule has 1 aromatic rings. The molecule has 1 fully saturated rings. The van der Waals surface area contributed by atoms with E-state index < -0.39 is 29.0 Å². The van der Waals surface area contributed by atoms with Gasteiger partial charge >= 0.3 is 6.18 Å². The molecular formula is C14H16F4N2O. The minimum Gasteiger partial charge on any atom is -0.352 e. The summed E-state index contributed by atoms with van der Waals surface area (Å²) < 4.78 is 51.1. The number of benzene rings is 1. The van der Waals surface area contributed by atoms with Gasteiger partial charge in [0.05, 0.1) is 11.1 Å². The first-order valence-corrected chi connectivity index (χ1v) is 6.76. The Hall–Kier alpha value is -1.63. The number of rotatable bonds is 6. The zero-order chi connectivity index (χ0) is 15.5. The van der Waals surface area contributed by atoms with Crippen molar-refractivity contribution in [1.82, 2.24) is 10.6 Å². The van der Waals surface area contributed by atoms with E-state index in [1.54, 1.807) is 0 Å². The summed E-state index contributed by atoms with van der Waals surface area (Å²) in [6.45, 7) is 1.00. The van der Waals surface area contributed by atoms with Gasteiger partial charge in [0.1, 0.15) is 5.82 Å². The Balaban J connectivity index is 1.88. The molecule has 2 N–H and O–H groups in total. The van der Waals surface area contributed by atoms with Gasteiger partial charge in [-0.05, 0) is 44.0 Å². The van der Waals surface area contributed by atoms with Crippen LogP contribution in [0.4, 0.5) is 17.6 Å². The first kappa shape index (κ1) is 15.8. The third-order valence-electron chi connectivity index (χ3n) is 3.19. The second-order valence-corrected chi connectivity index (χ2v) is 5.03. The van der Waals surface area contributed by atoms with Gasteiger partial charge in [0.25, 0.3) is 5.91 Å². The highest BCUT2D eigenvalue weighted by atomic mass is 19.4. The molecule has 0 aromatic heterocycles. The van der Waals surface area contributed by atoms with Crippen LogP contribution < -0.4 is 10.6 Å². The Kier molecular flexibility index (Phi) is 4.82.